The van der Waals surface area contributed by atoms with Crippen LogP contribution < -0.4 is 19.7 Å². The van der Waals surface area contributed by atoms with Crippen LogP contribution >= 0.6 is 11.8 Å². The summed E-state index contributed by atoms with van der Waals surface area (Å²) in [6, 6.07) is 18.8. The fourth-order valence-electron chi connectivity index (χ4n) is 4.37. The quantitative estimate of drug-likeness (QED) is 0.160. The van der Waals surface area contributed by atoms with Gasteiger partial charge in [-0.2, -0.15) is 0 Å². The van der Waals surface area contributed by atoms with E-state index in [1.54, 1.807) is 53.4 Å². The highest BCUT2D eigenvalue weighted by atomic mass is 32.2. The molecule has 0 spiro atoms. The smallest absolute Gasteiger partial charge is 0.322 e. The third kappa shape index (κ3) is 9.53. The molecule has 1 aliphatic heterocycles. The maximum Gasteiger partial charge on any atom is 0.322 e. The molecular weight excluding hydrogens is 625 g/mol. The number of nitrogens with one attached hydrogen (secondary N) is 2. The number of rotatable bonds is 13. The number of β-lactam (4-membered cyclic amide) rings is 1. The van der Waals surface area contributed by atoms with Gasteiger partial charge in [-0.1, -0.05) is 36.1 Å². The van der Waals surface area contributed by atoms with Crippen molar-refractivity contribution >= 4 is 45.3 Å². The largest absolute Gasteiger partial charge is 0.484 e. The van der Waals surface area contributed by atoms with E-state index in [2.05, 4.69) is 21.9 Å². The molecule has 0 radical (unpaired) electrons. The van der Waals surface area contributed by atoms with Gasteiger partial charge in [0.2, 0.25) is 15.9 Å². The SMILES string of the molecule is CS(=O)(=O)NCC#Cc1ccc(N2C(=O)[C@H](SC[C@H](O)c3ccc(F)cc3)C2c2ccc(OCC(=O)NCC(=O)O)cc2)cc1. The van der Waals surface area contributed by atoms with Gasteiger partial charge in [-0.05, 0) is 59.7 Å². The number of carboxylic acids is 1. The van der Waals surface area contributed by atoms with Crippen LogP contribution in [0.3, 0.4) is 0 Å². The van der Waals surface area contributed by atoms with Crippen LogP contribution in [0.2, 0.25) is 0 Å². The minimum absolute atomic E-state index is 0.0390. The van der Waals surface area contributed by atoms with Crippen molar-refractivity contribution in [3.8, 4) is 17.6 Å². The van der Waals surface area contributed by atoms with Crippen LogP contribution in [0.1, 0.15) is 28.8 Å². The minimum atomic E-state index is -3.35. The highest BCUT2D eigenvalue weighted by Gasteiger charge is 2.49. The van der Waals surface area contributed by atoms with Gasteiger partial charge in [0.25, 0.3) is 5.91 Å². The first-order valence-corrected chi connectivity index (χ1v) is 16.5. The molecule has 3 aromatic carbocycles. The molecular formula is C31H30FN3O8S2. The van der Waals surface area contributed by atoms with Crippen LogP contribution in [0.4, 0.5) is 10.1 Å². The molecule has 0 bridgehead atoms. The predicted molar refractivity (Wildman–Crippen MR) is 167 cm³/mol. The van der Waals surface area contributed by atoms with Crippen LogP contribution in [-0.2, 0) is 24.4 Å². The summed E-state index contributed by atoms with van der Waals surface area (Å²) in [4.78, 5) is 37.5. The number of benzene rings is 3. The number of aliphatic carboxylic acids is 1. The lowest BCUT2D eigenvalue weighted by molar-refractivity contribution is -0.138. The summed E-state index contributed by atoms with van der Waals surface area (Å²) < 4.78 is 43.5. The van der Waals surface area contributed by atoms with Gasteiger partial charge in [0.05, 0.1) is 24.9 Å². The molecule has 14 heteroatoms. The van der Waals surface area contributed by atoms with E-state index in [0.29, 0.717) is 22.6 Å². The van der Waals surface area contributed by atoms with Crippen LogP contribution in [0.25, 0.3) is 0 Å². The van der Waals surface area contributed by atoms with Crippen molar-refractivity contribution in [1.29, 1.82) is 0 Å². The lowest BCUT2D eigenvalue weighted by Gasteiger charge is -2.47. The number of amides is 2. The van der Waals surface area contributed by atoms with Crippen LogP contribution in [0.15, 0.2) is 72.8 Å². The van der Waals surface area contributed by atoms with Crippen molar-refractivity contribution < 1.29 is 42.1 Å². The van der Waals surface area contributed by atoms with E-state index in [4.69, 9.17) is 9.84 Å². The Balaban J connectivity index is 1.49. The van der Waals surface area contributed by atoms with Gasteiger partial charge < -0.3 is 25.2 Å². The average Bonchev–Trinajstić information content (AvgIpc) is 3.00. The Morgan fingerprint density at radius 3 is 2.36 bits per heavy atom. The number of sulfonamides is 1. The molecule has 0 aliphatic carbocycles. The van der Waals surface area contributed by atoms with E-state index in [-0.39, 0.29) is 24.8 Å². The topological polar surface area (TPSA) is 162 Å². The van der Waals surface area contributed by atoms with Crippen molar-refractivity contribution in [1.82, 2.24) is 10.0 Å². The van der Waals surface area contributed by atoms with Crippen molar-refractivity contribution in [2.24, 2.45) is 0 Å². The van der Waals surface area contributed by atoms with Crippen LogP contribution in [0, 0.1) is 17.7 Å². The molecule has 2 amide bonds. The third-order valence-corrected chi connectivity index (χ3v) is 8.56. The van der Waals surface area contributed by atoms with Crippen molar-refractivity contribution in [3.63, 3.8) is 0 Å². The number of hydrogen-bond donors (Lipinski definition) is 4. The van der Waals surface area contributed by atoms with Gasteiger partial charge in [0.1, 0.15) is 23.4 Å². The average molecular weight is 656 g/mol. The fraction of sp³-hybridized carbons (Fsp3) is 0.258. The zero-order valence-corrected chi connectivity index (χ0v) is 25.6. The summed E-state index contributed by atoms with van der Waals surface area (Å²) in [6.07, 6.45) is 0.125. The Kier molecular flexibility index (Phi) is 11.2. The first-order chi connectivity index (χ1) is 21.4. The molecule has 4 N–H and O–H groups in total. The molecule has 1 unspecified atom stereocenters. The lowest BCUT2D eigenvalue weighted by Crippen LogP contribution is -2.57. The molecule has 45 heavy (non-hydrogen) atoms. The third-order valence-electron chi connectivity index (χ3n) is 6.56. The summed E-state index contributed by atoms with van der Waals surface area (Å²) in [5.74, 6) is 3.80. The van der Waals surface area contributed by atoms with Crippen molar-refractivity contribution in [3.05, 3.63) is 95.3 Å². The van der Waals surface area contributed by atoms with Crippen molar-refractivity contribution in [2.45, 2.75) is 17.4 Å². The van der Waals surface area contributed by atoms with Gasteiger partial charge in [-0.15, -0.1) is 11.8 Å². The van der Waals surface area contributed by atoms with Crippen molar-refractivity contribution in [2.75, 3.05) is 36.6 Å². The lowest BCUT2D eigenvalue weighted by atomic mass is 9.92. The Morgan fingerprint density at radius 1 is 1.07 bits per heavy atom. The number of carbonyl (C=O) groups is 3. The number of thioether (sulfide) groups is 1. The first-order valence-electron chi connectivity index (χ1n) is 13.5. The fourth-order valence-corrected chi connectivity index (χ4v) is 6.00. The second kappa shape index (κ2) is 15.0. The maximum atomic E-state index is 13.5. The number of anilines is 1. The number of nitrogens with zero attached hydrogens (tertiary/aromatic N) is 1. The Morgan fingerprint density at radius 2 is 1.73 bits per heavy atom. The molecule has 1 heterocycles. The van der Waals surface area contributed by atoms with Gasteiger partial charge in [-0.25, -0.2) is 17.5 Å². The van der Waals surface area contributed by atoms with Gasteiger partial charge in [0, 0.05) is 17.0 Å². The molecule has 236 valence electrons. The van der Waals surface area contributed by atoms with E-state index in [1.807, 2.05) is 0 Å². The number of halogens is 1. The van der Waals surface area contributed by atoms with Gasteiger partial charge >= 0.3 is 5.97 Å². The molecule has 3 atom stereocenters. The highest BCUT2D eigenvalue weighted by molar-refractivity contribution is 8.00. The zero-order valence-electron chi connectivity index (χ0n) is 24.0. The molecule has 1 saturated heterocycles. The summed E-state index contributed by atoms with van der Waals surface area (Å²) in [5, 5.41) is 21.0. The molecule has 1 aliphatic rings. The Bertz CT molecular complexity index is 1690. The van der Waals surface area contributed by atoms with Crippen LogP contribution in [-0.4, -0.2) is 73.4 Å². The van der Waals surface area contributed by atoms with Gasteiger partial charge in [-0.3, -0.25) is 14.4 Å². The summed E-state index contributed by atoms with van der Waals surface area (Å²) >= 11 is 1.28. The molecule has 1 fully saturated rings. The summed E-state index contributed by atoms with van der Waals surface area (Å²) in [7, 11) is -3.35. The predicted octanol–water partition coefficient (Wildman–Crippen LogP) is 2.23. The second-order valence-electron chi connectivity index (χ2n) is 9.94. The monoisotopic (exact) mass is 655 g/mol. The molecule has 3 aromatic rings. The normalized spacial score (nSPS) is 16.6. The maximum absolute atomic E-state index is 13.5. The van der Waals surface area contributed by atoms with E-state index < -0.39 is 51.7 Å². The number of carboxylic acid groups (broad SMARTS) is 1. The summed E-state index contributed by atoms with van der Waals surface area (Å²) in [5.41, 5.74) is 2.53. The van der Waals surface area contributed by atoms with Crippen LogP contribution in [0.5, 0.6) is 5.75 Å². The molecule has 11 nitrogen and oxygen atoms in total. The van der Waals surface area contributed by atoms with Gasteiger partial charge in [0.15, 0.2) is 6.61 Å². The van der Waals surface area contributed by atoms with E-state index in [9.17, 15) is 32.3 Å². The number of hydrogen-bond acceptors (Lipinski definition) is 8. The zero-order chi connectivity index (χ0) is 32.6. The number of aliphatic hydroxyl groups is 1. The Labute approximate surface area is 263 Å². The highest BCUT2D eigenvalue weighted by Crippen LogP contribution is 2.46. The first kappa shape index (κ1) is 33.5. The second-order valence-corrected chi connectivity index (χ2v) is 13.0. The van der Waals surface area contributed by atoms with E-state index >= 15 is 0 Å². The number of carbonyl (C=O) groups excluding carboxylic acids is 2. The minimum Gasteiger partial charge on any atom is -0.484 e. The number of aliphatic hydroxyl groups excluding tert-OH is 1. The van der Waals surface area contributed by atoms with E-state index in [1.165, 1.54) is 36.0 Å². The Hall–Kier alpha value is -4.42. The molecule has 0 saturated carbocycles. The standard InChI is InChI=1S/C31H30FN3O8S2/c1-45(41,42)34-16-2-3-20-4-12-24(13-5-20)35-29(22-8-14-25(15-9-22)43-18-27(37)33-17-28(38)39)30(31(35)40)44-19-26(36)21-6-10-23(32)11-7-21/h4-15,26,29-30,34,36H,16-19H2,1H3,(H,33,37)(H,38,39)/t26-,29?,30+/m0/s1. The number of ether oxygens (including phenoxy) is 1. The summed E-state index contributed by atoms with van der Waals surface area (Å²) in [6.45, 7) is -0.932. The molecule has 4 rings (SSSR count). The molecule has 0 aromatic heterocycles. The van der Waals surface area contributed by atoms with E-state index in [0.717, 1.165) is 11.8 Å².